The second-order valence-corrected chi connectivity index (χ2v) is 5.47. The van der Waals surface area contributed by atoms with E-state index < -0.39 is 0 Å². The highest BCUT2D eigenvalue weighted by Crippen LogP contribution is 2.21. The van der Waals surface area contributed by atoms with Crippen molar-refractivity contribution in [2.24, 2.45) is 7.05 Å². The van der Waals surface area contributed by atoms with Crippen molar-refractivity contribution in [3.05, 3.63) is 55.8 Å². The van der Waals surface area contributed by atoms with E-state index in [9.17, 15) is 10.1 Å². The molecule has 6 nitrogen and oxygen atoms in total. The second kappa shape index (κ2) is 6.15. The van der Waals surface area contributed by atoms with Gasteiger partial charge in [0.15, 0.2) is 0 Å². The minimum Gasteiger partial charge on any atom is -0.308 e. The number of rotatable bonds is 5. The van der Waals surface area contributed by atoms with Crippen LogP contribution in [0.5, 0.6) is 0 Å². The average Bonchev–Trinajstić information content (AvgIpc) is 2.70. The molecule has 0 radical (unpaired) electrons. The Kier molecular flexibility index (Phi) is 4.51. The SMILES string of the molecule is Cc1c(CNCc2cc(Br)cc([N+](=O)[O-])c2)cnn1C. The van der Waals surface area contributed by atoms with E-state index in [1.807, 2.05) is 30.9 Å². The number of hydrogen-bond donors (Lipinski definition) is 1. The quantitative estimate of drug-likeness (QED) is 0.671. The third-order valence-electron chi connectivity index (χ3n) is 3.13. The minimum absolute atomic E-state index is 0.0914. The highest BCUT2D eigenvalue weighted by Gasteiger charge is 2.09. The Labute approximate surface area is 125 Å². The Morgan fingerprint density at radius 1 is 1.40 bits per heavy atom. The fourth-order valence-electron chi connectivity index (χ4n) is 1.90. The van der Waals surface area contributed by atoms with Crippen molar-refractivity contribution < 1.29 is 4.92 Å². The van der Waals surface area contributed by atoms with Gasteiger partial charge in [-0.2, -0.15) is 5.10 Å². The molecule has 0 saturated carbocycles. The summed E-state index contributed by atoms with van der Waals surface area (Å²) in [5.74, 6) is 0. The molecule has 0 saturated heterocycles. The van der Waals surface area contributed by atoms with E-state index in [0.29, 0.717) is 17.6 Å². The summed E-state index contributed by atoms with van der Waals surface area (Å²) in [6.07, 6.45) is 1.83. The lowest BCUT2D eigenvalue weighted by Gasteiger charge is -2.05. The lowest BCUT2D eigenvalue weighted by molar-refractivity contribution is -0.385. The van der Waals surface area contributed by atoms with Crippen molar-refractivity contribution in [3.8, 4) is 0 Å². The van der Waals surface area contributed by atoms with Crippen LogP contribution in [0, 0.1) is 17.0 Å². The van der Waals surface area contributed by atoms with Gasteiger partial charge in [0.1, 0.15) is 0 Å². The molecular weight excluding hydrogens is 324 g/mol. The van der Waals surface area contributed by atoms with Crippen LogP contribution in [0.2, 0.25) is 0 Å². The molecule has 7 heteroatoms. The first-order valence-electron chi connectivity index (χ1n) is 6.09. The summed E-state index contributed by atoms with van der Waals surface area (Å²) >= 11 is 3.29. The number of nitro groups is 1. The molecule has 1 N–H and O–H groups in total. The molecule has 0 atom stereocenters. The topological polar surface area (TPSA) is 73.0 Å². The number of halogens is 1. The van der Waals surface area contributed by atoms with Crippen LogP contribution in [-0.4, -0.2) is 14.7 Å². The Hall–Kier alpha value is -1.73. The molecule has 0 amide bonds. The fraction of sp³-hybridized carbons (Fsp3) is 0.308. The number of aromatic nitrogens is 2. The van der Waals surface area contributed by atoms with Crippen molar-refractivity contribution in [1.29, 1.82) is 0 Å². The van der Waals surface area contributed by atoms with Gasteiger partial charge in [-0.3, -0.25) is 14.8 Å². The highest BCUT2D eigenvalue weighted by atomic mass is 79.9. The number of aryl methyl sites for hydroxylation is 1. The molecule has 0 fully saturated rings. The zero-order valence-corrected chi connectivity index (χ0v) is 12.8. The Bertz CT molecular complexity index is 639. The van der Waals surface area contributed by atoms with Gasteiger partial charge in [-0.25, -0.2) is 0 Å². The molecular formula is C13H15BrN4O2. The first-order chi connectivity index (χ1) is 9.47. The third-order valence-corrected chi connectivity index (χ3v) is 3.59. The van der Waals surface area contributed by atoms with E-state index in [-0.39, 0.29) is 10.6 Å². The lowest BCUT2D eigenvalue weighted by Crippen LogP contribution is -2.13. The van der Waals surface area contributed by atoms with E-state index in [1.54, 1.807) is 6.07 Å². The fourth-order valence-corrected chi connectivity index (χ4v) is 2.43. The Morgan fingerprint density at radius 3 is 2.75 bits per heavy atom. The molecule has 0 bridgehead atoms. The molecule has 1 aromatic carbocycles. The predicted octanol–water partition coefficient (Wildman–Crippen LogP) is 2.69. The average molecular weight is 339 g/mol. The van der Waals surface area contributed by atoms with Crippen LogP contribution in [0.3, 0.4) is 0 Å². The van der Waals surface area contributed by atoms with Crippen molar-refractivity contribution in [3.63, 3.8) is 0 Å². The van der Waals surface area contributed by atoms with E-state index in [1.165, 1.54) is 6.07 Å². The number of nitro benzene ring substituents is 1. The molecule has 2 rings (SSSR count). The van der Waals surface area contributed by atoms with Gasteiger partial charge in [-0.15, -0.1) is 0 Å². The molecule has 1 aromatic heterocycles. The van der Waals surface area contributed by atoms with Crippen LogP contribution in [0.4, 0.5) is 5.69 Å². The summed E-state index contributed by atoms with van der Waals surface area (Å²) in [5.41, 5.74) is 3.19. The maximum Gasteiger partial charge on any atom is 0.270 e. The molecule has 2 aromatic rings. The first-order valence-corrected chi connectivity index (χ1v) is 6.88. The zero-order valence-electron chi connectivity index (χ0n) is 11.3. The number of non-ortho nitro benzene ring substituents is 1. The molecule has 1 heterocycles. The maximum atomic E-state index is 10.8. The third kappa shape index (κ3) is 3.43. The molecule has 0 spiro atoms. The normalized spacial score (nSPS) is 10.8. The van der Waals surface area contributed by atoms with Gasteiger partial charge in [-0.05, 0) is 18.6 Å². The van der Waals surface area contributed by atoms with Gasteiger partial charge in [0, 0.05) is 48.0 Å². The number of nitrogens with one attached hydrogen (secondary N) is 1. The van der Waals surface area contributed by atoms with Crippen LogP contribution in [0.25, 0.3) is 0 Å². The van der Waals surface area contributed by atoms with Crippen LogP contribution in [-0.2, 0) is 20.1 Å². The highest BCUT2D eigenvalue weighted by molar-refractivity contribution is 9.10. The summed E-state index contributed by atoms with van der Waals surface area (Å²) in [6.45, 7) is 3.25. The van der Waals surface area contributed by atoms with Crippen LogP contribution in [0.15, 0.2) is 28.9 Å². The number of hydrogen-bond acceptors (Lipinski definition) is 4. The summed E-state index contributed by atoms with van der Waals surface area (Å²) in [4.78, 5) is 10.4. The van der Waals surface area contributed by atoms with Gasteiger partial charge in [0.05, 0.1) is 11.1 Å². The predicted molar refractivity (Wildman–Crippen MR) is 79.3 cm³/mol. The molecule has 0 aliphatic heterocycles. The lowest BCUT2D eigenvalue weighted by atomic mass is 10.2. The van der Waals surface area contributed by atoms with Crippen molar-refractivity contribution in [1.82, 2.24) is 15.1 Å². The maximum absolute atomic E-state index is 10.8. The largest absolute Gasteiger partial charge is 0.308 e. The van der Waals surface area contributed by atoms with Crippen molar-refractivity contribution in [2.45, 2.75) is 20.0 Å². The van der Waals surface area contributed by atoms with E-state index in [2.05, 4.69) is 26.3 Å². The van der Waals surface area contributed by atoms with Gasteiger partial charge < -0.3 is 5.32 Å². The van der Waals surface area contributed by atoms with Crippen LogP contribution < -0.4 is 5.32 Å². The molecule has 106 valence electrons. The Balaban J connectivity index is 2.01. The molecule has 0 unspecified atom stereocenters. The van der Waals surface area contributed by atoms with Gasteiger partial charge in [0.25, 0.3) is 5.69 Å². The Morgan fingerprint density at radius 2 is 2.15 bits per heavy atom. The summed E-state index contributed by atoms with van der Waals surface area (Å²) in [5, 5.41) is 18.2. The van der Waals surface area contributed by atoms with Crippen molar-refractivity contribution in [2.75, 3.05) is 0 Å². The summed E-state index contributed by atoms with van der Waals surface area (Å²) in [6, 6.07) is 4.94. The van der Waals surface area contributed by atoms with Gasteiger partial charge in [-0.1, -0.05) is 15.9 Å². The smallest absolute Gasteiger partial charge is 0.270 e. The number of benzene rings is 1. The zero-order chi connectivity index (χ0) is 14.7. The molecule has 0 aliphatic rings. The monoisotopic (exact) mass is 338 g/mol. The van der Waals surface area contributed by atoms with E-state index in [0.717, 1.165) is 16.8 Å². The summed E-state index contributed by atoms with van der Waals surface area (Å²) < 4.78 is 2.53. The van der Waals surface area contributed by atoms with Crippen LogP contribution in [0.1, 0.15) is 16.8 Å². The first kappa shape index (κ1) is 14.7. The van der Waals surface area contributed by atoms with Crippen molar-refractivity contribution >= 4 is 21.6 Å². The minimum atomic E-state index is -0.389. The molecule has 0 aliphatic carbocycles. The van der Waals surface area contributed by atoms with Gasteiger partial charge in [0.2, 0.25) is 0 Å². The van der Waals surface area contributed by atoms with Crippen LogP contribution >= 0.6 is 15.9 Å². The van der Waals surface area contributed by atoms with E-state index in [4.69, 9.17) is 0 Å². The number of nitrogens with zero attached hydrogens (tertiary/aromatic N) is 3. The van der Waals surface area contributed by atoms with E-state index >= 15 is 0 Å². The summed E-state index contributed by atoms with van der Waals surface area (Å²) in [7, 11) is 1.90. The second-order valence-electron chi connectivity index (χ2n) is 4.56. The standard InChI is InChI=1S/C13H15BrN4O2/c1-9-11(8-16-17(9)2)7-15-6-10-3-12(14)5-13(4-10)18(19)20/h3-5,8,15H,6-7H2,1-2H3. The van der Waals surface area contributed by atoms with Gasteiger partial charge >= 0.3 is 0 Å². The molecule has 20 heavy (non-hydrogen) atoms.